The van der Waals surface area contributed by atoms with Gasteiger partial charge >= 0.3 is 11.6 Å². The summed E-state index contributed by atoms with van der Waals surface area (Å²) in [6.45, 7) is 10.4. The van der Waals surface area contributed by atoms with E-state index in [1.54, 1.807) is 12.1 Å². The van der Waals surface area contributed by atoms with Gasteiger partial charge in [0.15, 0.2) is 0 Å². The number of benzene rings is 2. The highest BCUT2D eigenvalue weighted by atomic mass is 16.5. The lowest BCUT2D eigenvalue weighted by molar-refractivity contribution is 0.0438. The van der Waals surface area contributed by atoms with Gasteiger partial charge < -0.3 is 18.3 Å². The van der Waals surface area contributed by atoms with E-state index in [1.165, 1.54) is 6.07 Å². The van der Waals surface area contributed by atoms with Gasteiger partial charge in [-0.15, -0.1) is 0 Å². The molecule has 0 aliphatic heterocycles. The molecular weight excluding hydrogens is 408 g/mol. The summed E-state index contributed by atoms with van der Waals surface area (Å²) in [4.78, 5) is 24.9. The molecule has 0 unspecified atom stereocenters. The van der Waals surface area contributed by atoms with Crippen molar-refractivity contribution in [2.75, 3.05) is 6.61 Å². The van der Waals surface area contributed by atoms with Crippen LogP contribution in [0.15, 0.2) is 50.0 Å². The highest BCUT2D eigenvalue weighted by Gasteiger charge is 2.20. The molecule has 2 aromatic heterocycles. The molecule has 0 bridgehead atoms. The number of aryl methyl sites for hydroxylation is 2. The van der Waals surface area contributed by atoms with Gasteiger partial charge in [-0.1, -0.05) is 13.8 Å². The number of esters is 1. The van der Waals surface area contributed by atoms with Crippen LogP contribution in [0.3, 0.4) is 0 Å². The Morgan fingerprint density at radius 1 is 1.00 bits per heavy atom. The molecule has 0 amide bonds. The molecule has 6 heteroatoms. The third kappa shape index (κ3) is 4.00. The number of carbonyl (C=O) groups excluding carboxylic acids is 1. The second-order valence-corrected chi connectivity index (χ2v) is 8.17. The number of hydrogen-bond donors (Lipinski definition) is 0. The van der Waals surface area contributed by atoms with E-state index < -0.39 is 11.6 Å². The second-order valence-electron chi connectivity index (χ2n) is 8.17. The van der Waals surface area contributed by atoms with Crippen molar-refractivity contribution in [1.29, 1.82) is 0 Å². The zero-order chi connectivity index (χ0) is 23.0. The van der Waals surface area contributed by atoms with Crippen LogP contribution in [0.1, 0.15) is 59.5 Å². The number of rotatable bonds is 6. The van der Waals surface area contributed by atoms with Crippen molar-refractivity contribution in [2.45, 2.75) is 47.1 Å². The summed E-state index contributed by atoms with van der Waals surface area (Å²) >= 11 is 0. The molecule has 0 N–H and O–H groups in total. The summed E-state index contributed by atoms with van der Waals surface area (Å²) in [5, 5.41) is 1.56. The lowest BCUT2D eigenvalue weighted by Crippen LogP contribution is -2.08. The fourth-order valence-corrected chi connectivity index (χ4v) is 3.99. The van der Waals surface area contributed by atoms with E-state index in [0.717, 1.165) is 21.9 Å². The Balaban J connectivity index is 1.65. The van der Waals surface area contributed by atoms with Crippen LogP contribution in [0.2, 0.25) is 0 Å². The van der Waals surface area contributed by atoms with Crippen LogP contribution in [0.5, 0.6) is 5.75 Å². The minimum atomic E-state index is -0.589. The van der Waals surface area contributed by atoms with Crippen LogP contribution >= 0.6 is 0 Å². The van der Waals surface area contributed by atoms with Crippen molar-refractivity contribution < 1.29 is 23.1 Å². The first-order valence-corrected chi connectivity index (χ1v) is 10.7. The molecule has 0 saturated heterocycles. The molecule has 166 valence electrons. The van der Waals surface area contributed by atoms with Gasteiger partial charge in [-0.3, -0.25) is 0 Å². The summed E-state index contributed by atoms with van der Waals surface area (Å²) in [7, 11) is 0. The van der Waals surface area contributed by atoms with E-state index >= 15 is 0 Å². The lowest BCUT2D eigenvalue weighted by Gasteiger charge is -2.13. The van der Waals surface area contributed by atoms with E-state index in [1.807, 2.05) is 39.0 Å². The summed E-state index contributed by atoms with van der Waals surface area (Å²) < 4.78 is 22.2. The Labute approximate surface area is 185 Å². The molecule has 2 aromatic carbocycles. The first-order chi connectivity index (χ1) is 15.3. The molecule has 0 atom stereocenters. The van der Waals surface area contributed by atoms with Gasteiger partial charge in [0.1, 0.15) is 23.5 Å². The van der Waals surface area contributed by atoms with E-state index in [2.05, 4.69) is 13.8 Å². The van der Waals surface area contributed by atoms with E-state index in [9.17, 15) is 9.59 Å². The largest absolute Gasteiger partial charge is 0.494 e. The Bertz CT molecular complexity index is 1370. The molecule has 0 spiro atoms. The molecular formula is C26H26O6. The van der Waals surface area contributed by atoms with Gasteiger partial charge in [0.2, 0.25) is 5.76 Å². The van der Waals surface area contributed by atoms with E-state index in [0.29, 0.717) is 40.6 Å². The molecule has 0 aliphatic carbocycles. The first kappa shape index (κ1) is 21.7. The molecule has 0 aliphatic rings. The summed E-state index contributed by atoms with van der Waals surface area (Å²) in [5.74, 6) is 0.568. The number of fused-ring (bicyclic) bond motifs is 2. The van der Waals surface area contributed by atoms with Crippen molar-refractivity contribution in [3.8, 4) is 5.75 Å². The van der Waals surface area contributed by atoms with E-state index in [-0.39, 0.29) is 12.4 Å². The first-order valence-electron chi connectivity index (χ1n) is 10.7. The molecule has 4 aromatic rings. The van der Waals surface area contributed by atoms with Crippen LogP contribution in [-0.4, -0.2) is 12.6 Å². The average molecular weight is 434 g/mol. The third-order valence-corrected chi connectivity index (χ3v) is 5.60. The number of carbonyl (C=O) groups is 1. The fourth-order valence-electron chi connectivity index (χ4n) is 3.99. The van der Waals surface area contributed by atoms with Crippen molar-refractivity contribution in [1.82, 2.24) is 0 Å². The fraction of sp³-hybridized carbons (Fsp3) is 0.308. The summed E-state index contributed by atoms with van der Waals surface area (Å²) in [6.07, 6.45) is 0. The van der Waals surface area contributed by atoms with Crippen molar-refractivity contribution in [2.24, 2.45) is 0 Å². The van der Waals surface area contributed by atoms with Gasteiger partial charge in [-0.05, 0) is 68.1 Å². The maximum Gasteiger partial charge on any atom is 0.374 e. The number of hydrogen-bond acceptors (Lipinski definition) is 6. The van der Waals surface area contributed by atoms with Crippen LogP contribution < -0.4 is 10.4 Å². The highest BCUT2D eigenvalue weighted by molar-refractivity contribution is 5.96. The molecule has 32 heavy (non-hydrogen) atoms. The predicted molar refractivity (Wildman–Crippen MR) is 123 cm³/mol. The topological polar surface area (TPSA) is 78.9 Å². The van der Waals surface area contributed by atoms with E-state index in [4.69, 9.17) is 18.3 Å². The monoisotopic (exact) mass is 434 g/mol. The molecule has 0 radical (unpaired) electrons. The lowest BCUT2D eigenvalue weighted by atomic mass is 9.95. The maximum atomic E-state index is 12.8. The van der Waals surface area contributed by atoms with Gasteiger partial charge in [-0.2, -0.15) is 0 Å². The highest BCUT2D eigenvalue weighted by Crippen LogP contribution is 2.30. The van der Waals surface area contributed by atoms with Crippen LogP contribution in [0.4, 0.5) is 0 Å². The Hall–Kier alpha value is -3.54. The maximum absolute atomic E-state index is 12.8. The molecule has 4 rings (SSSR count). The van der Waals surface area contributed by atoms with Crippen molar-refractivity contribution in [3.05, 3.63) is 74.8 Å². The second kappa shape index (κ2) is 8.54. The Kier molecular flexibility index (Phi) is 5.78. The molecule has 2 heterocycles. The normalized spacial score (nSPS) is 11.4. The zero-order valence-corrected chi connectivity index (χ0v) is 18.9. The Morgan fingerprint density at radius 3 is 2.50 bits per heavy atom. The average Bonchev–Trinajstić information content (AvgIpc) is 3.07. The molecule has 0 saturated carbocycles. The van der Waals surface area contributed by atoms with Gasteiger partial charge in [0.25, 0.3) is 0 Å². The minimum Gasteiger partial charge on any atom is -0.494 e. The van der Waals surface area contributed by atoms with Gasteiger partial charge in [0.05, 0.1) is 6.61 Å². The van der Waals surface area contributed by atoms with Gasteiger partial charge in [0, 0.05) is 28.0 Å². The third-order valence-electron chi connectivity index (χ3n) is 5.60. The zero-order valence-electron chi connectivity index (χ0n) is 18.9. The molecule has 0 fully saturated rings. The smallest absolute Gasteiger partial charge is 0.374 e. The number of ether oxygens (including phenoxy) is 2. The Morgan fingerprint density at radius 2 is 1.78 bits per heavy atom. The predicted octanol–water partition coefficient (Wildman–Crippen LogP) is 6.04. The quantitative estimate of drug-likeness (QED) is 0.272. The SMILES string of the molecule is CCOc1ccc2oc(C(=O)OCc3cc(=O)oc4cc(C)c(C(C)C)cc34)c(C)c2c1. The summed E-state index contributed by atoms with van der Waals surface area (Å²) in [6, 6.07) is 10.7. The summed E-state index contributed by atoms with van der Waals surface area (Å²) in [5.41, 5.74) is 4.06. The van der Waals surface area contributed by atoms with Crippen molar-refractivity contribution in [3.63, 3.8) is 0 Å². The van der Waals surface area contributed by atoms with Crippen LogP contribution in [0, 0.1) is 13.8 Å². The molecule has 6 nitrogen and oxygen atoms in total. The standard InChI is InChI=1S/C26H26O6/c1-6-29-18-7-8-22-20(11-18)16(5)25(32-22)26(28)30-13-17-10-24(27)31-23-9-15(4)19(14(2)3)12-21(17)23/h7-12,14H,6,13H2,1-5H3. The van der Waals surface area contributed by atoms with Gasteiger partial charge in [-0.25, -0.2) is 9.59 Å². The number of furan rings is 1. The minimum absolute atomic E-state index is 0.0673. The van der Waals surface area contributed by atoms with Crippen LogP contribution in [0.25, 0.3) is 21.9 Å². The van der Waals surface area contributed by atoms with Crippen LogP contribution in [-0.2, 0) is 11.3 Å². The van der Waals surface area contributed by atoms with Crippen molar-refractivity contribution >= 4 is 27.9 Å².